The van der Waals surface area contributed by atoms with E-state index in [2.05, 4.69) is 5.32 Å². The maximum absolute atomic E-state index is 12.3. The van der Waals surface area contributed by atoms with Crippen molar-refractivity contribution in [3.05, 3.63) is 60.2 Å². The van der Waals surface area contributed by atoms with Crippen LogP contribution in [0.25, 0.3) is 0 Å². The van der Waals surface area contributed by atoms with Gasteiger partial charge in [0, 0.05) is 0 Å². The van der Waals surface area contributed by atoms with Crippen LogP contribution < -0.4 is 10.1 Å². The Morgan fingerprint density at radius 2 is 1.69 bits per heavy atom. The summed E-state index contributed by atoms with van der Waals surface area (Å²) in [4.78, 5) is 35.0. The van der Waals surface area contributed by atoms with Crippen molar-refractivity contribution in [1.82, 2.24) is 5.32 Å². The Kier molecular flexibility index (Phi) is 6.87. The van der Waals surface area contributed by atoms with Crippen LogP contribution in [0.2, 0.25) is 0 Å². The van der Waals surface area contributed by atoms with Crippen LogP contribution in [-0.2, 0) is 14.3 Å². The Morgan fingerprint density at radius 1 is 1.04 bits per heavy atom. The molecule has 136 valence electrons. The minimum Gasteiger partial charge on any atom is -0.481 e. The SMILES string of the molecule is CN[C@@H](CC(=O)O)C(=O)COC(=O)c1ccccc1Oc1ccccc1. The second-order valence-electron chi connectivity index (χ2n) is 5.39. The van der Waals surface area contributed by atoms with Crippen molar-refractivity contribution in [2.24, 2.45) is 0 Å². The lowest BCUT2D eigenvalue weighted by molar-refractivity contribution is -0.139. The Hall–Kier alpha value is -3.19. The molecule has 0 spiro atoms. The summed E-state index contributed by atoms with van der Waals surface area (Å²) in [6, 6.07) is 14.5. The summed E-state index contributed by atoms with van der Waals surface area (Å²) in [5.74, 6) is -1.52. The van der Waals surface area contributed by atoms with Crippen molar-refractivity contribution in [3.8, 4) is 11.5 Å². The average Bonchev–Trinajstić information content (AvgIpc) is 2.65. The van der Waals surface area contributed by atoms with E-state index in [-0.39, 0.29) is 12.0 Å². The van der Waals surface area contributed by atoms with E-state index < -0.39 is 30.4 Å². The van der Waals surface area contributed by atoms with Crippen LogP contribution in [0.15, 0.2) is 54.6 Å². The Bertz CT molecular complexity index is 775. The van der Waals surface area contributed by atoms with Crippen LogP contribution in [-0.4, -0.2) is 42.5 Å². The largest absolute Gasteiger partial charge is 0.481 e. The molecule has 0 unspecified atom stereocenters. The zero-order valence-corrected chi connectivity index (χ0v) is 14.2. The second-order valence-corrected chi connectivity index (χ2v) is 5.39. The number of carbonyl (C=O) groups is 3. The first-order valence-corrected chi connectivity index (χ1v) is 7.92. The summed E-state index contributed by atoms with van der Waals surface area (Å²) in [5, 5.41) is 11.4. The third-order valence-corrected chi connectivity index (χ3v) is 3.54. The van der Waals surface area contributed by atoms with Crippen molar-refractivity contribution >= 4 is 17.7 Å². The summed E-state index contributed by atoms with van der Waals surface area (Å²) in [6.45, 7) is -0.530. The highest BCUT2D eigenvalue weighted by molar-refractivity contribution is 5.95. The number of benzene rings is 2. The van der Waals surface area contributed by atoms with E-state index in [4.69, 9.17) is 14.6 Å². The molecular weight excluding hydrogens is 338 g/mol. The van der Waals surface area contributed by atoms with Gasteiger partial charge >= 0.3 is 11.9 Å². The summed E-state index contributed by atoms with van der Waals surface area (Å²) in [6.07, 6.45) is -0.388. The van der Waals surface area contributed by atoms with E-state index in [0.29, 0.717) is 11.5 Å². The summed E-state index contributed by atoms with van der Waals surface area (Å²) < 4.78 is 10.7. The normalized spacial score (nSPS) is 11.4. The van der Waals surface area contributed by atoms with Crippen molar-refractivity contribution in [2.45, 2.75) is 12.5 Å². The van der Waals surface area contributed by atoms with Crippen LogP contribution in [0.1, 0.15) is 16.8 Å². The fourth-order valence-corrected chi connectivity index (χ4v) is 2.21. The standard InChI is InChI=1S/C19H19NO6/c1-20-15(11-18(22)23)16(21)12-25-19(24)14-9-5-6-10-17(14)26-13-7-3-2-4-8-13/h2-10,15,20H,11-12H2,1H3,(H,22,23)/t15-/m0/s1. The molecule has 2 N–H and O–H groups in total. The molecular formula is C19H19NO6. The number of carbonyl (C=O) groups excluding carboxylic acids is 2. The predicted molar refractivity (Wildman–Crippen MR) is 93.3 cm³/mol. The molecule has 0 fully saturated rings. The number of aliphatic carboxylic acids is 1. The number of rotatable bonds is 9. The minimum absolute atomic E-state index is 0.170. The van der Waals surface area contributed by atoms with Gasteiger partial charge in [0.05, 0.1) is 12.5 Å². The third kappa shape index (κ3) is 5.42. The van der Waals surface area contributed by atoms with E-state index in [1.54, 1.807) is 42.5 Å². The van der Waals surface area contributed by atoms with Crippen molar-refractivity contribution in [2.75, 3.05) is 13.7 Å². The van der Waals surface area contributed by atoms with Gasteiger partial charge in [0.2, 0.25) is 0 Å². The molecule has 0 aliphatic heterocycles. The van der Waals surface area contributed by atoms with Crippen LogP contribution in [0.5, 0.6) is 11.5 Å². The Balaban J connectivity index is 2.03. The van der Waals surface area contributed by atoms with Gasteiger partial charge in [-0.15, -0.1) is 0 Å². The molecule has 2 rings (SSSR count). The van der Waals surface area contributed by atoms with Crippen LogP contribution >= 0.6 is 0 Å². The second kappa shape index (κ2) is 9.33. The molecule has 0 aromatic heterocycles. The first-order chi connectivity index (χ1) is 12.5. The fourth-order valence-electron chi connectivity index (χ4n) is 2.21. The molecule has 1 atom stereocenters. The number of hydrogen-bond acceptors (Lipinski definition) is 6. The van der Waals surface area contributed by atoms with Gasteiger partial charge < -0.3 is 19.9 Å². The van der Waals surface area contributed by atoms with E-state index >= 15 is 0 Å². The molecule has 0 saturated heterocycles. The van der Waals surface area contributed by atoms with Crippen molar-refractivity contribution < 1.29 is 29.0 Å². The highest BCUT2D eigenvalue weighted by Gasteiger charge is 2.22. The molecule has 7 heteroatoms. The predicted octanol–water partition coefficient (Wildman–Crippen LogP) is 2.27. The molecule has 0 radical (unpaired) electrons. The number of esters is 1. The molecule has 0 saturated carbocycles. The number of ketones is 1. The molecule has 0 aliphatic carbocycles. The highest BCUT2D eigenvalue weighted by Crippen LogP contribution is 2.25. The van der Waals surface area contributed by atoms with Crippen LogP contribution in [0, 0.1) is 0 Å². The van der Waals surface area contributed by atoms with E-state index in [1.165, 1.54) is 13.1 Å². The maximum Gasteiger partial charge on any atom is 0.342 e. The summed E-state index contributed by atoms with van der Waals surface area (Å²) in [7, 11) is 1.47. The van der Waals surface area contributed by atoms with Gasteiger partial charge in [-0.3, -0.25) is 9.59 Å². The van der Waals surface area contributed by atoms with Crippen LogP contribution in [0.3, 0.4) is 0 Å². The maximum atomic E-state index is 12.3. The number of carboxylic acids is 1. The molecule has 7 nitrogen and oxygen atoms in total. The number of likely N-dealkylation sites (N-methyl/N-ethyl adjacent to an activating group) is 1. The van der Waals surface area contributed by atoms with Gasteiger partial charge in [0.1, 0.15) is 17.1 Å². The molecule has 0 heterocycles. The lowest BCUT2D eigenvalue weighted by Gasteiger charge is -2.14. The van der Waals surface area contributed by atoms with Gasteiger partial charge in [-0.05, 0) is 31.3 Å². The number of Topliss-reactive ketones (excluding diaryl/α,β-unsaturated/α-hetero) is 1. The van der Waals surface area contributed by atoms with Crippen molar-refractivity contribution in [3.63, 3.8) is 0 Å². The third-order valence-electron chi connectivity index (χ3n) is 3.54. The van der Waals surface area contributed by atoms with Gasteiger partial charge in [-0.2, -0.15) is 0 Å². The zero-order valence-electron chi connectivity index (χ0n) is 14.2. The van der Waals surface area contributed by atoms with E-state index in [9.17, 15) is 14.4 Å². The van der Waals surface area contributed by atoms with Gasteiger partial charge in [-0.25, -0.2) is 4.79 Å². The lowest BCUT2D eigenvalue weighted by Crippen LogP contribution is -2.38. The van der Waals surface area contributed by atoms with Gasteiger partial charge in [0.25, 0.3) is 0 Å². The molecule has 2 aromatic rings. The van der Waals surface area contributed by atoms with Crippen LogP contribution in [0.4, 0.5) is 0 Å². The number of hydrogen-bond donors (Lipinski definition) is 2. The summed E-state index contributed by atoms with van der Waals surface area (Å²) in [5.41, 5.74) is 0.170. The molecule has 2 aromatic carbocycles. The zero-order chi connectivity index (χ0) is 18.9. The lowest BCUT2D eigenvalue weighted by atomic mass is 10.1. The number of nitrogens with one attached hydrogen (secondary N) is 1. The Labute approximate surface area is 150 Å². The summed E-state index contributed by atoms with van der Waals surface area (Å²) >= 11 is 0. The Morgan fingerprint density at radius 3 is 2.35 bits per heavy atom. The quantitative estimate of drug-likeness (QED) is 0.664. The smallest absolute Gasteiger partial charge is 0.342 e. The van der Waals surface area contributed by atoms with E-state index in [1.807, 2.05) is 6.07 Å². The molecule has 0 aliphatic rings. The average molecular weight is 357 g/mol. The minimum atomic E-state index is -1.12. The first-order valence-electron chi connectivity index (χ1n) is 7.92. The molecule has 26 heavy (non-hydrogen) atoms. The topological polar surface area (TPSA) is 102 Å². The van der Waals surface area contributed by atoms with Gasteiger partial charge in [-0.1, -0.05) is 30.3 Å². The fraction of sp³-hybridized carbons (Fsp3) is 0.211. The number of para-hydroxylation sites is 2. The molecule has 0 amide bonds. The highest BCUT2D eigenvalue weighted by atomic mass is 16.5. The monoisotopic (exact) mass is 357 g/mol. The van der Waals surface area contributed by atoms with E-state index in [0.717, 1.165) is 0 Å². The van der Waals surface area contributed by atoms with Crippen molar-refractivity contribution in [1.29, 1.82) is 0 Å². The first kappa shape index (κ1) is 19.1. The van der Waals surface area contributed by atoms with Gasteiger partial charge in [0.15, 0.2) is 12.4 Å². The number of carboxylic acid groups (broad SMARTS) is 1. The molecule has 0 bridgehead atoms. The number of ether oxygens (including phenoxy) is 2.